The molecule has 0 saturated carbocycles. The maximum Gasteiger partial charge on any atom is 0.619 e. The highest BCUT2D eigenvalue weighted by Gasteiger charge is 2.53. The summed E-state index contributed by atoms with van der Waals surface area (Å²) in [5, 5.41) is 5.26. The number of nitrogens with one attached hydrogen (secondary N) is 2. The van der Waals surface area contributed by atoms with Gasteiger partial charge in [-0.3, -0.25) is 72.4 Å². The van der Waals surface area contributed by atoms with Crippen LogP contribution < -0.4 is 10.6 Å². The van der Waals surface area contributed by atoms with Gasteiger partial charge in [0.05, 0.1) is 39.3 Å². The fraction of sp³-hybridized carbons (Fsp3) is 0.756. The Balaban J connectivity index is 1.07. The molecule has 6 fully saturated rings. The third-order valence-corrected chi connectivity index (χ3v) is 12.2. The summed E-state index contributed by atoms with van der Waals surface area (Å²) in [6.45, 7) is 6.21. The number of amides is 3. The molecule has 0 aliphatic carbocycles. The molecule has 6 atom stereocenters. The number of esters is 6. The number of ketones is 1. The maximum atomic E-state index is 14.1. The Morgan fingerprint density at radius 1 is 0.692 bits per heavy atom. The molecule has 6 aliphatic heterocycles. The average molecular weight is 921 g/mol. The summed E-state index contributed by atoms with van der Waals surface area (Å²) >= 11 is 0. The summed E-state index contributed by atoms with van der Waals surface area (Å²) in [5.74, 6) is -8.60. The summed E-state index contributed by atoms with van der Waals surface area (Å²) in [6, 6.07) is -2.99. The number of likely N-dealkylation sites (tertiary alicyclic amines) is 1. The maximum absolute atomic E-state index is 14.1. The molecule has 24 heteroatoms. The van der Waals surface area contributed by atoms with Crippen LogP contribution in [0.3, 0.4) is 0 Å². The molecular weight excluding hydrogens is 860 g/mol. The fourth-order valence-corrected chi connectivity index (χ4v) is 8.66. The van der Waals surface area contributed by atoms with Gasteiger partial charge in [0.25, 0.3) is 6.29 Å². The van der Waals surface area contributed by atoms with E-state index in [2.05, 4.69) is 10.6 Å². The first-order valence-electron chi connectivity index (χ1n) is 22.1. The molecule has 1 spiro atoms. The first-order valence-corrected chi connectivity index (χ1v) is 22.1. The van der Waals surface area contributed by atoms with E-state index < -0.39 is 102 Å². The SMILES string of the molecule is CC(C)[C@H](CC(=O)CNC(=O)CC[C@@H]1C(=O)OC23OC(=O)CN4CCN(CCN1CCN(CC4)CC(=O)O2)CC(=O)O3)C(=O)N[C@H](C)C(=O)N1CCCC1C1OC(=O)CN(C)CC(=O)O1. The largest absolute Gasteiger partial charge is 0.619 e. The molecule has 24 nitrogen and oxygen atoms in total. The summed E-state index contributed by atoms with van der Waals surface area (Å²) in [4.78, 5) is 142. The second-order valence-electron chi connectivity index (χ2n) is 17.6. The molecule has 65 heavy (non-hydrogen) atoms. The van der Waals surface area contributed by atoms with E-state index in [1.165, 1.54) is 16.7 Å². The molecule has 360 valence electrons. The van der Waals surface area contributed by atoms with Crippen molar-refractivity contribution in [1.82, 2.24) is 40.0 Å². The molecule has 0 radical (unpaired) electrons. The van der Waals surface area contributed by atoms with Gasteiger partial charge in [0, 0.05) is 77.7 Å². The van der Waals surface area contributed by atoms with Crippen molar-refractivity contribution >= 4 is 59.3 Å². The van der Waals surface area contributed by atoms with Gasteiger partial charge in [-0.2, -0.15) is 0 Å². The molecule has 6 heterocycles. The van der Waals surface area contributed by atoms with E-state index in [0.29, 0.717) is 39.0 Å². The van der Waals surface area contributed by atoms with Crippen molar-refractivity contribution in [3.8, 4) is 0 Å². The molecule has 6 saturated heterocycles. The lowest BCUT2D eigenvalue weighted by molar-refractivity contribution is -0.432. The van der Waals surface area contributed by atoms with E-state index in [-0.39, 0.29) is 90.6 Å². The normalized spacial score (nSPS) is 30.5. The van der Waals surface area contributed by atoms with Crippen molar-refractivity contribution in [2.24, 2.45) is 11.8 Å². The molecule has 6 rings (SSSR count). The van der Waals surface area contributed by atoms with Crippen LogP contribution in [-0.4, -0.2) is 225 Å². The molecule has 0 aromatic heterocycles. The van der Waals surface area contributed by atoms with Crippen LogP contribution in [0.5, 0.6) is 0 Å². The standard InChI is InChI=1S/C41H60N8O16/c1-25(2)28(37(57)43-26(3)38(58)49-9-5-6-30(49)40-60-32(52)20-44(4)21-33(53)61-40)18-27(50)19-42-31(51)8-7-29-39(59)65-41-62-34(54)22-45-10-12-46(23-35(55)63-41)14-16-48(29)17-15-47(13-11-45)24-36(56)64-41/h25-26,28-30,40H,5-24H2,1-4H3,(H,42,51)(H,43,57)/t26-,28+,29-,30?/m1/s1. The number of ether oxygens (including phenoxy) is 6. The zero-order valence-electron chi connectivity index (χ0n) is 37.3. The van der Waals surface area contributed by atoms with Gasteiger partial charge >= 0.3 is 42.0 Å². The molecule has 6 aliphatic rings. The van der Waals surface area contributed by atoms with Gasteiger partial charge in [0.1, 0.15) is 18.1 Å². The van der Waals surface area contributed by atoms with Crippen LogP contribution in [0.2, 0.25) is 0 Å². The number of nitrogens with zero attached hydrogens (tertiary/aromatic N) is 6. The van der Waals surface area contributed by atoms with E-state index >= 15 is 0 Å². The third kappa shape index (κ3) is 13.4. The van der Waals surface area contributed by atoms with Gasteiger partial charge in [-0.25, -0.2) is 0 Å². The summed E-state index contributed by atoms with van der Waals surface area (Å²) in [5.41, 5.74) is 0. The van der Waals surface area contributed by atoms with Crippen LogP contribution >= 0.6 is 0 Å². The summed E-state index contributed by atoms with van der Waals surface area (Å²) < 4.78 is 32.5. The Hall–Kier alpha value is -5.30. The Labute approximate surface area is 375 Å². The zero-order chi connectivity index (χ0) is 47.0. The minimum atomic E-state index is -3.16. The fourth-order valence-electron chi connectivity index (χ4n) is 8.66. The van der Waals surface area contributed by atoms with Crippen molar-refractivity contribution < 1.29 is 76.4 Å². The molecule has 0 aromatic rings. The molecular formula is C41H60N8O16. The Bertz CT molecular complexity index is 1790. The highest BCUT2D eigenvalue weighted by molar-refractivity contribution is 5.93. The van der Waals surface area contributed by atoms with E-state index in [1.807, 2.05) is 4.90 Å². The lowest BCUT2D eigenvalue weighted by Gasteiger charge is -2.35. The monoisotopic (exact) mass is 920 g/mol. The molecule has 3 unspecified atom stereocenters. The van der Waals surface area contributed by atoms with Gasteiger partial charge < -0.3 is 44.0 Å². The van der Waals surface area contributed by atoms with Crippen LogP contribution in [0.15, 0.2) is 0 Å². The summed E-state index contributed by atoms with van der Waals surface area (Å²) in [6.07, 6.45) is -4.25. The van der Waals surface area contributed by atoms with Crippen LogP contribution in [-0.2, 0) is 76.4 Å². The number of Topliss-reactive ketones (excluding diaryl/α,β-unsaturated/α-hetero) is 1. The van der Waals surface area contributed by atoms with Gasteiger partial charge in [0.2, 0.25) is 17.7 Å². The van der Waals surface area contributed by atoms with Crippen LogP contribution in [0, 0.1) is 11.8 Å². The minimum absolute atomic E-state index is 0.131. The van der Waals surface area contributed by atoms with E-state index in [4.69, 9.17) is 28.4 Å². The van der Waals surface area contributed by atoms with Crippen LogP contribution in [0.4, 0.5) is 0 Å². The van der Waals surface area contributed by atoms with Gasteiger partial charge in [-0.1, -0.05) is 13.8 Å². The van der Waals surface area contributed by atoms with Crippen molar-refractivity contribution in [2.75, 3.05) is 105 Å². The Morgan fingerprint density at radius 2 is 1.22 bits per heavy atom. The average Bonchev–Trinajstić information content (AvgIpc) is 3.68. The van der Waals surface area contributed by atoms with Crippen molar-refractivity contribution in [1.29, 1.82) is 0 Å². The summed E-state index contributed by atoms with van der Waals surface area (Å²) in [7, 11) is 1.57. The predicted molar refractivity (Wildman–Crippen MR) is 218 cm³/mol. The first-order chi connectivity index (χ1) is 30.9. The number of carbonyl (C=O) groups excluding carboxylic acids is 10. The first kappa shape index (κ1) is 49.1. The quantitative estimate of drug-likeness (QED) is 0.179. The van der Waals surface area contributed by atoms with Gasteiger partial charge in [-0.15, -0.1) is 0 Å². The number of cyclic esters (lactones) is 2. The second kappa shape index (κ2) is 21.8. The van der Waals surface area contributed by atoms with Crippen molar-refractivity contribution in [2.45, 2.75) is 83.5 Å². The Kier molecular flexibility index (Phi) is 16.5. The number of hydrogen-bond acceptors (Lipinski definition) is 21. The topological polar surface area (TPSA) is 270 Å². The lowest BCUT2D eigenvalue weighted by Crippen LogP contribution is -2.55. The van der Waals surface area contributed by atoms with Crippen LogP contribution in [0.1, 0.15) is 52.9 Å². The lowest BCUT2D eigenvalue weighted by atomic mass is 9.89. The zero-order valence-corrected chi connectivity index (χ0v) is 37.3. The van der Waals surface area contributed by atoms with E-state index in [1.54, 1.807) is 35.6 Å². The molecule has 5 bridgehead atoms. The molecule has 0 aromatic carbocycles. The van der Waals surface area contributed by atoms with E-state index in [9.17, 15) is 47.9 Å². The highest BCUT2D eigenvalue weighted by Crippen LogP contribution is 2.27. The van der Waals surface area contributed by atoms with Crippen molar-refractivity contribution in [3.63, 3.8) is 0 Å². The number of likely N-dealkylation sites (N-methyl/N-ethyl adjacent to an activating group) is 1. The van der Waals surface area contributed by atoms with Crippen molar-refractivity contribution in [3.05, 3.63) is 0 Å². The third-order valence-electron chi connectivity index (χ3n) is 12.2. The molecule has 2 N–H and O–H groups in total. The number of hydrogen-bond donors (Lipinski definition) is 2. The number of rotatable bonds is 12. The smallest absolute Gasteiger partial charge is 0.422 e. The number of carbonyl (C=O) groups is 10. The van der Waals surface area contributed by atoms with Gasteiger partial charge in [-0.05, 0) is 39.2 Å². The molecule has 3 amide bonds. The van der Waals surface area contributed by atoms with Gasteiger partial charge in [0.15, 0.2) is 5.78 Å². The Morgan fingerprint density at radius 3 is 1.74 bits per heavy atom. The number of fused-ring (bicyclic) bond motifs is 12. The van der Waals surface area contributed by atoms with Crippen LogP contribution in [0.25, 0.3) is 0 Å². The highest BCUT2D eigenvalue weighted by atomic mass is 17.0. The predicted octanol–water partition coefficient (Wildman–Crippen LogP) is -3.62. The van der Waals surface area contributed by atoms with E-state index in [0.717, 1.165) is 0 Å². The second-order valence-corrected chi connectivity index (χ2v) is 17.6. The minimum Gasteiger partial charge on any atom is -0.422 e.